The SMILES string of the molecule is Cc1cccc(CC(C)(CN)N2CCC(C)CC2)c1. The Morgan fingerprint density at radius 2 is 2.00 bits per heavy atom. The maximum Gasteiger partial charge on any atom is 0.0343 e. The van der Waals surface area contributed by atoms with Gasteiger partial charge in [-0.05, 0) is 57.7 Å². The number of hydrogen-bond donors (Lipinski definition) is 1. The van der Waals surface area contributed by atoms with Gasteiger partial charge in [-0.15, -0.1) is 0 Å². The molecule has 1 unspecified atom stereocenters. The summed E-state index contributed by atoms with van der Waals surface area (Å²) in [6.45, 7) is 9.96. The third-order valence-corrected chi connectivity index (χ3v) is 4.65. The van der Waals surface area contributed by atoms with Crippen LogP contribution < -0.4 is 5.73 Å². The summed E-state index contributed by atoms with van der Waals surface area (Å²) in [6.07, 6.45) is 3.67. The number of nitrogens with two attached hydrogens (primary N) is 1. The smallest absolute Gasteiger partial charge is 0.0343 e. The molecule has 2 rings (SSSR count). The third-order valence-electron chi connectivity index (χ3n) is 4.65. The lowest BCUT2D eigenvalue weighted by molar-refractivity contribution is 0.0709. The van der Waals surface area contributed by atoms with E-state index in [-0.39, 0.29) is 5.54 Å². The Morgan fingerprint density at radius 1 is 1.32 bits per heavy atom. The summed E-state index contributed by atoms with van der Waals surface area (Å²) in [7, 11) is 0. The number of nitrogens with zero attached hydrogens (tertiary/aromatic N) is 1. The van der Waals surface area contributed by atoms with Gasteiger partial charge < -0.3 is 5.73 Å². The first-order chi connectivity index (χ1) is 9.03. The van der Waals surface area contributed by atoms with Crippen LogP contribution in [-0.2, 0) is 6.42 Å². The largest absolute Gasteiger partial charge is 0.329 e. The van der Waals surface area contributed by atoms with Gasteiger partial charge in [0.05, 0.1) is 0 Å². The lowest BCUT2D eigenvalue weighted by Gasteiger charge is -2.44. The van der Waals surface area contributed by atoms with Crippen molar-refractivity contribution in [2.24, 2.45) is 11.7 Å². The van der Waals surface area contributed by atoms with Crippen LogP contribution in [0.15, 0.2) is 24.3 Å². The van der Waals surface area contributed by atoms with Crippen LogP contribution in [0.5, 0.6) is 0 Å². The van der Waals surface area contributed by atoms with Crippen LogP contribution >= 0.6 is 0 Å². The average molecular weight is 260 g/mol. The molecule has 1 atom stereocenters. The highest BCUT2D eigenvalue weighted by molar-refractivity contribution is 5.24. The number of likely N-dealkylation sites (tertiary alicyclic amines) is 1. The Balaban J connectivity index is 2.09. The minimum Gasteiger partial charge on any atom is -0.329 e. The van der Waals surface area contributed by atoms with Crippen molar-refractivity contribution in [3.63, 3.8) is 0 Å². The first kappa shape index (κ1) is 14.5. The molecule has 1 aromatic carbocycles. The van der Waals surface area contributed by atoms with Gasteiger partial charge in [0, 0.05) is 12.1 Å². The molecule has 0 aliphatic carbocycles. The van der Waals surface area contributed by atoms with Crippen LogP contribution in [0, 0.1) is 12.8 Å². The molecule has 1 heterocycles. The van der Waals surface area contributed by atoms with Crippen molar-refractivity contribution in [3.05, 3.63) is 35.4 Å². The molecule has 1 aromatic rings. The predicted octanol–water partition coefficient (Wildman–Crippen LogP) is 2.99. The van der Waals surface area contributed by atoms with Gasteiger partial charge in [-0.25, -0.2) is 0 Å². The van der Waals surface area contributed by atoms with Gasteiger partial charge in [0.1, 0.15) is 0 Å². The standard InChI is InChI=1S/C17H28N2/c1-14-7-9-19(10-8-14)17(3,13-18)12-16-6-4-5-15(2)11-16/h4-6,11,14H,7-10,12-13,18H2,1-3H3. The lowest BCUT2D eigenvalue weighted by Crippen LogP contribution is -2.55. The second-order valence-corrected chi connectivity index (χ2v) is 6.54. The van der Waals surface area contributed by atoms with Crippen LogP contribution in [-0.4, -0.2) is 30.1 Å². The predicted molar refractivity (Wildman–Crippen MR) is 82.3 cm³/mol. The molecule has 2 nitrogen and oxygen atoms in total. The van der Waals surface area contributed by atoms with Crippen LogP contribution in [0.2, 0.25) is 0 Å². The van der Waals surface area contributed by atoms with E-state index in [4.69, 9.17) is 5.73 Å². The van der Waals surface area contributed by atoms with Crippen LogP contribution in [0.1, 0.15) is 37.8 Å². The van der Waals surface area contributed by atoms with E-state index in [1.165, 1.54) is 37.1 Å². The molecule has 1 fully saturated rings. The van der Waals surface area contributed by atoms with Crippen molar-refractivity contribution in [2.45, 2.75) is 45.6 Å². The van der Waals surface area contributed by atoms with Crippen LogP contribution in [0.25, 0.3) is 0 Å². The van der Waals surface area contributed by atoms with Crippen LogP contribution in [0.3, 0.4) is 0 Å². The fourth-order valence-electron chi connectivity index (χ4n) is 3.12. The summed E-state index contributed by atoms with van der Waals surface area (Å²) in [5, 5.41) is 0. The van der Waals surface area contributed by atoms with Gasteiger partial charge in [0.15, 0.2) is 0 Å². The maximum absolute atomic E-state index is 6.12. The normalized spacial score (nSPS) is 21.3. The molecule has 0 saturated carbocycles. The second-order valence-electron chi connectivity index (χ2n) is 6.54. The Kier molecular flexibility index (Phi) is 4.64. The molecular formula is C17H28N2. The number of aryl methyl sites for hydroxylation is 1. The number of hydrogen-bond acceptors (Lipinski definition) is 2. The first-order valence-electron chi connectivity index (χ1n) is 7.54. The minimum atomic E-state index is 0.105. The van der Waals surface area contributed by atoms with E-state index in [1.807, 2.05) is 0 Å². The Hall–Kier alpha value is -0.860. The van der Waals surface area contributed by atoms with Crippen molar-refractivity contribution in [3.8, 4) is 0 Å². The highest BCUT2D eigenvalue weighted by Crippen LogP contribution is 2.26. The molecule has 106 valence electrons. The van der Waals surface area contributed by atoms with Gasteiger partial charge in [0.25, 0.3) is 0 Å². The molecule has 1 aliphatic heterocycles. The van der Waals surface area contributed by atoms with E-state index in [9.17, 15) is 0 Å². The molecule has 0 aromatic heterocycles. The van der Waals surface area contributed by atoms with Crippen molar-refractivity contribution in [2.75, 3.05) is 19.6 Å². The molecule has 0 spiro atoms. The fourth-order valence-corrected chi connectivity index (χ4v) is 3.12. The molecule has 0 bridgehead atoms. The number of rotatable bonds is 4. The first-order valence-corrected chi connectivity index (χ1v) is 7.54. The summed E-state index contributed by atoms with van der Waals surface area (Å²) >= 11 is 0. The van der Waals surface area contributed by atoms with Gasteiger partial charge in [0.2, 0.25) is 0 Å². The van der Waals surface area contributed by atoms with Crippen LogP contribution in [0.4, 0.5) is 0 Å². The van der Waals surface area contributed by atoms with E-state index in [1.54, 1.807) is 0 Å². The topological polar surface area (TPSA) is 29.3 Å². The highest BCUT2D eigenvalue weighted by atomic mass is 15.2. The summed E-state index contributed by atoms with van der Waals surface area (Å²) < 4.78 is 0. The quantitative estimate of drug-likeness (QED) is 0.902. The Bertz CT molecular complexity index is 407. The Morgan fingerprint density at radius 3 is 2.58 bits per heavy atom. The third kappa shape index (κ3) is 3.58. The van der Waals surface area contributed by atoms with Crippen molar-refractivity contribution >= 4 is 0 Å². The lowest BCUT2D eigenvalue weighted by atomic mass is 9.87. The minimum absolute atomic E-state index is 0.105. The van der Waals surface area contributed by atoms with Crippen molar-refractivity contribution < 1.29 is 0 Å². The number of piperidine rings is 1. The van der Waals surface area contributed by atoms with E-state index in [2.05, 4.69) is 49.9 Å². The van der Waals surface area contributed by atoms with Gasteiger partial charge in [-0.2, -0.15) is 0 Å². The molecule has 0 amide bonds. The molecule has 2 heteroatoms. The molecule has 0 radical (unpaired) electrons. The molecule has 1 saturated heterocycles. The second kappa shape index (κ2) is 6.06. The number of benzene rings is 1. The maximum atomic E-state index is 6.12. The average Bonchev–Trinajstić information content (AvgIpc) is 2.39. The van der Waals surface area contributed by atoms with Gasteiger partial charge in [-0.3, -0.25) is 4.90 Å². The molecule has 2 N–H and O–H groups in total. The van der Waals surface area contributed by atoms with E-state index < -0.39 is 0 Å². The summed E-state index contributed by atoms with van der Waals surface area (Å²) in [5.74, 6) is 0.872. The monoisotopic (exact) mass is 260 g/mol. The summed E-state index contributed by atoms with van der Waals surface area (Å²) in [6, 6.07) is 8.83. The fraction of sp³-hybridized carbons (Fsp3) is 0.647. The summed E-state index contributed by atoms with van der Waals surface area (Å²) in [5.41, 5.74) is 8.97. The zero-order valence-electron chi connectivity index (χ0n) is 12.7. The zero-order chi connectivity index (χ0) is 13.9. The highest BCUT2D eigenvalue weighted by Gasteiger charge is 2.32. The van der Waals surface area contributed by atoms with Gasteiger partial charge in [-0.1, -0.05) is 36.8 Å². The van der Waals surface area contributed by atoms with Gasteiger partial charge >= 0.3 is 0 Å². The van der Waals surface area contributed by atoms with E-state index in [0.29, 0.717) is 0 Å². The molecular weight excluding hydrogens is 232 g/mol. The van der Waals surface area contributed by atoms with E-state index in [0.717, 1.165) is 18.9 Å². The van der Waals surface area contributed by atoms with E-state index >= 15 is 0 Å². The zero-order valence-corrected chi connectivity index (χ0v) is 12.7. The van der Waals surface area contributed by atoms with Crippen molar-refractivity contribution in [1.29, 1.82) is 0 Å². The van der Waals surface area contributed by atoms with Crippen molar-refractivity contribution in [1.82, 2.24) is 4.90 Å². The Labute approximate surface area is 118 Å². The summed E-state index contributed by atoms with van der Waals surface area (Å²) in [4.78, 5) is 2.61. The molecule has 19 heavy (non-hydrogen) atoms. The molecule has 1 aliphatic rings.